The summed E-state index contributed by atoms with van der Waals surface area (Å²) in [6, 6.07) is 11.5. The Bertz CT molecular complexity index is 828. The molecule has 0 aliphatic heterocycles. The number of thiophene rings is 2. The number of carbonyl (C=O) groups is 1. The Morgan fingerprint density at radius 3 is 2.75 bits per heavy atom. The van der Waals surface area contributed by atoms with Crippen molar-refractivity contribution in [2.75, 3.05) is 0 Å². The van der Waals surface area contributed by atoms with Crippen molar-refractivity contribution in [3.63, 3.8) is 0 Å². The largest absolute Gasteiger partial charge is 0.382 e. The van der Waals surface area contributed by atoms with E-state index in [2.05, 4.69) is 5.32 Å². The van der Waals surface area contributed by atoms with Crippen molar-refractivity contribution < 1.29 is 14.3 Å². The first-order valence-electron chi connectivity index (χ1n) is 7.08. The normalized spacial score (nSPS) is 12.1. The van der Waals surface area contributed by atoms with Gasteiger partial charge in [-0.1, -0.05) is 23.7 Å². The second-order valence-electron chi connectivity index (χ2n) is 5.00. The quantitative estimate of drug-likeness (QED) is 0.677. The summed E-state index contributed by atoms with van der Waals surface area (Å²) in [6.07, 6.45) is -0.666. The van der Waals surface area contributed by atoms with Crippen molar-refractivity contribution in [3.8, 4) is 0 Å². The van der Waals surface area contributed by atoms with Gasteiger partial charge in [-0.25, -0.2) is 4.39 Å². The first-order valence-corrected chi connectivity index (χ1v) is 9.16. The van der Waals surface area contributed by atoms with Crippen LogP contribution in [0, 0.1) is 5.82 Å². The van der Waals surface area contributed by atoms with Crippen molar-refractivity contribution in [2.45, 2.75) is 12.6 Å². The Labute approximate surface area is 151 Å². The van der Waals surface area contributed by atoms with Crippen LogP contribution in [-0.2, 0) is 6.54 Å². The highest BCUT2D eigenvalue weighted by molar-refractivity contribution is 7.12. The third kappa shape index (κ3) is 3.67. The Balaban J connectivity index is 1.66. The van der Waals surface area contributed by atoms with E-state index < -0.39 is 17.8 Å². The van der Waals surface area contributed by atoms with Gasteiger partial charge in [0, 0.05) is 14.6 Å². The zero-order valence-electron chi connectivity index (χ0n) is 12.3. The average molecular weight is 382 g/mol. The van der Waals surface area contributed by atoms with Gasteiger partial charge in [-0.15, -0.1) is 22.7 Å². The molecule has 1 atom stereocenters. The molecular weight excluding hydrogens is 369 g/mol. The van der Waals surface area contributed by atoms with Gasteiger partial charge in [-0.3, -0.25) is 4.79 Å². The second-order valence-corrected chi connectivity index (χ2v) is 7.59. The maximum Gasteiger partial charge on any atom is 0.256 e. The van der Waals surface area contributed by atoms with E-state index in [1.54, 1.807) is 0 Å². The van der Waals surface area contributed by atoms with Crippen molar-refractivity contribution in [3.05, 3.63) is 78.9 Å². The number of nitrogens with one attached hydrogen (secondary N) is 1. The monoisotopic (exact) mass is 381 g/mol. The van der Waals surface area contributed by atoms with Crippen LogP contribution in [0.15, 0.2) is 47.8 Å². The SMILES string of the molecule is O=C(NCc1ccc([C@@H](O)c2cccs2)s1)c1c(F)cccc1Cl. The van der Waals surface area contributed by atoms with Gasteiger partial charge >= 0.3 is 0 Å². The average Bonchev–Trinajstić information content (AvgIpc) is 3.24. The van der Waals surface area contributed by atoms with E-state index in [0.29, 0.717) is 0 Å². The van der Waals surface area contributed by atoms with Gasteiger partial charge in [0.15, 0.2) is 0 Å². The van der Waals surface area contributed by atoms with Crippen molar-refractivity contribution >= 4 is 40.2 Å². The third-order valence-electron chi connectivity index (χ3n) is 3.38. The molecule has 7 heteroatoms. The highest BCUT2D eigenvalue weighted by Crippen LogP contribution is 2.31. The van der Waals surface area contributed by atoms with E-state index in [1.807, 2.05) is 29.6 Å². The van der Waals surface area contributed by atoms with Crippen LogP contribution >= 0.6 is 34.3 Å². The maximum atomic E-state index is 13.7. The number of carbonyl (C=O) groups excluding carboxylic acids is 1. The van der Waals surface area contributed by atoms with Gasteiger partial charge in [0.25, 0.3) is 5.91 Å². The van der Waals surface area contributed by atoms with Crippen LogP contribution in [-0.4, -0.2) is 11.0 Å². The van der Waals surface area contributed by atoms with Crippen molar-refractivity contribution in [1.29, 1.82) is 0 Å². The Hall–Kier alpha value is -1.73. The van der Waals surface area contributed by atoms with Gasteiger partial charge in [-0.2, -0.15) is 0 Å². The summed E-state index contributed by atoms with van der Waals surface area (Å²) in [5, 5.41) is 14.9. The predicted octanol–water partition coefficient (Wildman–Crippen LogP) is 4.61. The number of aliphatic hydroxyl groups is 1. The molecule has 2 aromatic heterocycles. The Morgan fingerprint density at radius 2 is 2.04 bits per heavy atom. The van der Waals surface area contributed by atoms with Crippen LogP contribution in [0.3, 0.4) is 0 Å². The van der Waals surface area contributed by atoms with E-state index in [0.717, 1.165) is 14.6 Å². The lowest BCUT2D eigenvalue weighted by atomic mass is 10.2. The molecule has 0 fully saturated rings. The van der Waals surface area contributed by atoms with Gasteiger partial charge < -0.3 is 10.4 Å². The summed E-state index contributed by atoms with van der Waals surface area (Å²) in [5.41, 5.74) is -0.158. The smallest absolute Gasteiger partial charge is 0.256 e. The summed E-state index contributed by atoms with van der Waals surface area (Å²) in [5.74, 6) is -1.22. The summed E-state index contributed by atoms with van der Waals surface area (Å²) in [7, 11) is 0. The lowest BCUT2D eigenvalue weighted by Crippen LogP contribution is -2.23. The van der Waals surface area contributed by atoms with Crippen LogP contribution in [0.1, 0.15) is 31.1 Å². The lowest BCUT2D eigenvalue weighted by Gasteiger charge is -2.07. The number of aliphatic hydroxyl groups excluding tert-OH is 1. The third-order valence-corrected chi connectivity index (χ3v) is 5.75. The van der Waals surface area contributed by atoms with Crippen LogP contribution < -0.4 is 5.32 Å². The summed E-state index contributed by atoms with van der Waals surface area (Å²) in [4.78, 5) is 14.6. The summed E-state index contributed by atoms with van der Waals surface area (Å²) in [6.45, 7) is 0.241. The number of benzene rings is 1. The van der Waals surface area contributed by atoms with Crippen LogP contribution in [0.4, 0.5) is 4.39 Å². The first-order chi connectivity index (χ1) is 11.6. The number of hydrogen-bond donors (Lipinski definition) is 2. The summed E-state index contributed by atoms with van der Waals surface area (Å²) >= 11 is 8.76. The minimum absolute atomic E-state index is 0.0764. The fourth-order valence-electron chi connectivity index (χ4n) is 2.19. The molecule has 0 saturated heterocycles. The molecule has 0 aliphatic rings. The predicted molar refractivity (Wildman–Crippen MR) is 95.3 cm³/mol. The molecule has 2 N–H and O–H groups in total. The van der Waals surface area contributed by atoms with E-state index in [4.69, 9.17) is 11.6 Å². The van der Waals surface area contributed by atoms with Crippen molar-refractivity contribution in [1.82, 2.24) is 5.32 Å². The molecular formula is C17H13ClFNO2S2. The molecule has 2 heterocycles. The summed E-state index contributed by atoms with van der Waals surface area (Å²) < 4.78 is 13.7. The molecule has 3 nitrogen and oxygen atoms in total. The second kappa shape index (κ2) is 7.44. The maximum absolute atomic E-state index is 13.7. The molecule has 24 heavy (non-hydrogen) atoms. The van der Waals surface area contributed by atoms with E-state index >= 15 is 0 Å². The standard InChI is InChI=1S/C17H13ClFNO2S2/c18-11-3-1-4-12(19)15(11)17(22)20-9-10-6-7-14(24-10)16(21)13-5-2-8-23-13/h1-8,16,21H,9H2,(H,20,22)/t16-/m0/s1. The number of hydrogen-bond acceptors (Lipinski definition) is 4. The van der Waals surface area contributed by atoms with Crippen molar-refractivity contribution in [2.24, 2.45) is 0 Å². The fourth-order valence-corrected chi connectivity index (χ4v) is 4.20. The molecule has 1 amide bonds. The van der Waals surface area contributed by atoms with E-state index in [-0.39, 0.29) is 17.1 Å². The molecule has 0 radical (unpaired) electrons. The number of rotatable bonds is 5. The van der Waals surface area contributed by atoms with Crippen LogP contribution in [0.5, 0.6) is 0 Å². The van der Waals surface area contributed by atoms with Gasteiger partial charge in [-0.05, 0) is 35.7 Å². The molecule has 0 saturated carbocycles. The van der Waals surface area contributed by atoms with Gasteiger partial charge in [0.05, 0.1) is 17.1 Å². The first kappa shape index (κ1) is 17.1. The molecule has 0 bridgehead atoms. The lowest BCUT2D eigenvalue weighted by molar-refractivity contribution is 0.0947. The number of halogens is 2. The molecule has 124 valence electrons. The highest BCUT2D eigenvalue weighted by atomic mass is 35.5. The molecule has 0 unspecified atom stereocenters. The highest BCUT2D eigenvalue weighted by Gasteiger charge is 2.17. The number of amides is 1. The van der Waals surface area contributed by atoms with Gasteiger partial charge in [0.2, 0.25) is 0 Å². The molecule has 1 aromatic carbocycles. The Morgan fingerprint density at radius 1 is 1.21 bits per heavy atom. The Kier molecular flexibility index (Phi) is 5.30. The zero-order valence-corrected chi connectivity index (χ0v) is 14.7. The van der Waals surface area contributed by atoms with Crippen LogP contribution in [0.2, 0.25) is 5.02 Å². The van der Waals surface area contributed by atoms with E-state index in [1.165, 1.54) is 40.9 Å². The van der Waals surface area contributed by atoms with E-state index in [9.17, 15) is 14.3 Å². The molecule has 0 aliphatic carbocycles. The fraction of sp³-hybridized carbons (Fsp3) is 0.118. The molecule has 3 aromatic rings. The van der Waals surface area contributed by atoms with Gasteiger partial charge in [0.1, 0.15) is 11.9 Å². The van der Waals surface area contributed by atoms with Crippen LogP contribution in [0.25, 0.3) is 0 Å². The molecule has 3 rings (SSSR count). The minimum atomic E-state index is -0.666. The topological polar surface area (TPSA) is 49.3 Å². The molecule has 0 spiro atoms. The minimum Gasteiger partial charge on any atom is -0.382 e. The zero-order chi connectivity index (χ0) is 17.1.